The number of rotatable bonds is 2. The summed E-state index contributed by atoms with van der Waals surface area (Å²) in [6, 6.07) is 2.49. The number of anilines is 2. The fourth-order valence-corrected chi connectivity index (χ4v) is 2.98. The van der Waals surface area contributed by atoms with E-state index in [0.29, 0.717) is 31.9 Å². The SMILES string of the molecule is FC(F)(F)c1ccc(N2CCN(c3nccn4ccnc34)CC2)cn1. The molecule has 0 radical (unpaired) electrons. The smallest absolute Gasteiger partial charge is 0.367 e. The van der Waals surface area contributed by atoms with E-state index in [1.807, 2.05) is 21.7 Å². The summed E-state index contributed by atoms with van der Waals surface area (Å²) in [7, 11) is 0. The number of nitrogens with zero attached hydrogens (tertiary/aromatic N) is 6. The first-order valence-corrected chi connectivity index (χ1v) is 7.83. The third kappa shape index (κ3) is 2.97. The Kier molecular flexibility index (Phi) is 3.70. The molecule has 0 unspecified atom stereocenters. The lowest BCUT2D eigenvalue weighted by Gasteiger charge is -2.36. The van der Waals surface area contributed by atoms with Gasteiger partial charge in [-0.3, -0.25) is 0 Å². The monoisotopic (exact) mass is 348 g/mol. The second kappa shape index (κ2) is 5.91. The summed E-state index contributed by atoms with van der Waals surface area (Å²) in [5.74, 6) is 0.817. The highest BCUT2D eigenvalue weighted by Gasteiger charge is 2.32. The lowest BCUT2D eigenvalue weighted by molar-refractivity contribution is -0.141. The summed E-state index contributed by atoms with van der Waals surface area (Å²) in [4.78, 5) is 16.4. The van der Waals surface area contributed by atoms with Gasteiger partial charge in [0, 0.05) is 51.0 Å². The van der Waals surface area contributed by atoms with Gasteiger partial charge < -0.3 is 14.2 Å². The van der Waals surface area contributed by atoms with Gasteiger partial charge in [0.05, 0.1) is 11.9 Å². The molecule has 3 aromatic rings. The largest absolute Gasteiger partial charge is 0.433 e. The molecule has 0 bridgehead atoms. The van der Waals surface area contributed by atoms with Crippen molar-refractivity contribution < 1.29 is 13.2 Å². The van der Waals surface area contributed by atoms with Crippen LogP contribution in [0.3, 0.4) is 0 Å². The number of halogens is 3. The highest BCUT2D eigenvalue weighted by atomic mass is 19.4. The number of imidazole rings is 1. The van der Waals surface area contributed by atoms with Gasteiger partial charge >= 0.3 is 6.18 Å². The topological polar surface area (TPSA) is 49.6 Å². The molecular weight excluding hydrogens is 333 g/mol. The first kappa shape index (κ1) is 15.7. The predicted molar refractivity (Wildman–Crippen MR) is 86.7 cm³/mol. The maximum absolute atomic E-state index is 12.6. The summed E-state index contributed by atoms with van der Waals surface area (Å²) in [5, 5.41) is 0. The Morgan fingerprint density at radius 3 is 2.16 bits per heavy atom. The normalized spacial score (nSPS) is 15.8. The van der Waals surface area contributed by atoms with Crippen molar-refractivity contribution >= 4 is 17.2 Å². The molecule has 0 aliphatic carbocycles. The van der Waals surface area contributed by atoms with E-state index in [1.165, 1.54) is 12.3 Å². The van der Waals surface area contributed by atoms with Crippen LogP contribution in [-0.4, -0.2) is 45.5 Å². The maximum atomic E-state index is 12.6. The van der Waals surface area contributed by atoms with Gasteiger partial charge in [-0.25, -0.2) is 15.0 Å². The molecular formula is C16H15F3N6. The van der Waals surface area contributed by atoms with Crippen molar-refractivity contribution in [3.8, 4) is 0 Å². The molecule has 1 aliphatic rings. The molecule has 25 heavy (non-hydrogen) atoms. The van der Waals surface area contributed by atoms with E-state index >= 15 is 0 Å². The average molecular weight is 348 g/mol. The van der Waals surface area contributed by atoms with Crippen LogP contribution in [0, 0.1) is 0 Å². The summed E-state index contributed by atoms with van der Waals surface area (Å²) in [6.45, 7) is 2.77. The molecule has 0 atom stereocenters. The van der Waals surface area contributed by atoms with Crippen molar-refractivity contribution in [2.75, 3.05) is 36.0 Å². The van der Waals surface area contributed by atoms with Crippen LogP contribution < -0.4 is 9.80 Å². The minimum atomic E-state index is -4.41. The van der Waals surface area contributed by atoms with E-state index in [2.05, 4.69) is 19.9 Å². The van der Waals surface area contributed by atoms with Gasteiger partial charge in [0.1, 0.15) is 5.69 Å². The molecule has 1 aliphatic heterocycles. The summed E-state index contributed by atoms with van der Waals surface area (Å²) >= 11 is 0. The van der Waals surface area contributed by atoms with Crippen LogP contribution in [0.5, 0.6) is 0 Å². The van der Waals surface area contributed by atoms with Gasteiger partial charge in [0.2, 0.25) is 0 Å². The predicted octanol–water partition coefficient (Wildman–Crippen LogP) is 2.47. The number of fused-ring (bicyclic) bond motifs is 1. The molecule has 0 saturated carbocycles. The minimum absolute atomic E-state index is 0.677. The average Bonchev–Trinajstić information content (AvgIpc) is 3.10. The molecule has 0 spiro atoms. The Labute approximate surface area is 141 Å². The van der Waals surface area contributed by atoms with Crippen molar-refractivity contribution in [2.24, 2.45) is 0 Å². The zero-order valence-corrected chi connectivity index (χ0v) is 13.2. The number of hydrogen-bond donors (Lipinski definition) is 0. The molecule has 9 heteroatoms. The first-order chi connectivity index (χ1) is 12.0. The van der Waals surface area contributed by atoms with Crippen molar-refractivity contribution in [1.82, 2.24) is 19.4 Å². The van der Waals surface area contributed by atoms with Crippen molar-refractivity contribution in [2.45, 2.75) is 6.18 Å². The minimum Gasteiger partial charge on any atom is -0.367 e. The third-order valence-corrected chi connectivity index (χ3v) is 4.28. The summed E-state index contributed by atoms with van der Waals surface area (Å²) in [5.41, 5.74) is 0.622. The molecule has 0 N–H and O–H groups in total. The molecule has 4 rings (SSSR count). The quantitative estimate of drug-likeness (QED) is 0.712. The highest BCUT2D eigenvalue weighted by Crippen LogP contribution is 2.29. The van der Waals surface area contributed by atoms with Gasteiger partial charge in [0.15, 0.2) is 11.5 Å². The number of aromatic nitrogens is 4. The standard InChI is InChI=1S/C16H15F3N6/c17-16(18,19)13-2-1-12(11-22-13)23-7-9-25(10-8-23)15-14-20-3-5-24(14)6-4-21-15/h1-6,11H,7-10H2. The summed E-state index contributed by atoms with van der Waals surface area (Å²) in [6.07, 6.45) is 4.04. The lowest BCUT2D eigenvalue weighted by atomic mass is 10.2. The van der Waals surface area contributed by atoms with Crippen LogP contribution in [0.15, 0.2) is 43.1 Å². The number of pyridine rings is 1. The van der Waals surface area contributed by atoms with Gasteiger partial charge in [0.25, 0.3) is 0 Å². The maximum Gasteiger partial charge on any atom is 0.433 e. The van der Waals surface area contributed by atoms with E-state index in [4.69, 9.17) is 0 Å². The third-order valence-electron chi connectivity index (χ3n) is 4.28. The highest BCUT2D eigenvalue weighted by molar-refractivity contribution is 5.64. The fourth-order valence-electron chi connectivity index (χ4n) is 2.98. The molecule has 6 nitrogen and oxygen atoms in total. The summed E-state index contributed by atoms with van der Waals surface area (Å²) < 4.78 is 39.7. The van der Waals surface area contributed by atoms with Crippen LogP contribution >= 0.6 is 0 Å². The van der Waals surface area contributed by atoms with E-state index in [1.54, 1.807) is 12.4 Å². The Balaban J connectivity index is 1.47. The van der Waals surface area contributed by atoms with Crippen molar-refractivity contribution in [1.29, 1.82) is 0 Å². The van der Waals surface area contributed by atoms with Crippen LogP contribution in [0.1, 0.15) is 5.69 Å². The Hall–Kier alpha value is -2.84. The van der Waals surface area contributed by atoms with Crippen molar-refractivity contribution in [3.63, 3.8) is 0 Å². The molecule has 4 heterocycles. The van der Waals surface area contributed by atoms with Crippen LogP contribution in [0.2, 0.25) is 0 Å². The van der Waals surface area contributed by atoms with Gasteiger partial charge in [-0.15, -0.1) is 0 Å². The Morgan fingerprint density at radius 1 is 0.840 bits per heavy atom. The van der Waals surface area contributed by atoms with E-state index in [0.717, 1.165) is 17.5 Å². The number of alkyl halides is 3. The molecule has 1 saturated heterocycles. The van der Waals surface area contributed by atoms with Gasteiger partial charge in [-0.2, -0.15) is 13.2 Å². The zero-order chi connectivity index (χ0) is 17.4. The fraction of sp³-hybridized carbons (Fsp3) is 0.312. The van der Waals surface area contributed by atoms with Crippen LogP contribution in [-0.2, 0) is 6.18 Å². The van der Waals surface area contributed by atoms with E-state index < -0.39 is 11.9 Å². The van der Waals surface area contributed by atoms with Gasteiger partial charge in [-0.1, -0.05) is 0 Å². The Bertz CT molecular complexity index is 865. The van der Waals surface area contributed by atoms with Crippen LogP contribution in [0.4, 0.5) is 24.7 Å². The zero-order valence-electron chi connectivity index (χ0n) is 13.2. The molecule has 130 valence electrons. The molecule has 3 aromatic heterocycles. The molecule has 0 amide bonds. The number of hydrogen-bond acceptors (Lipinski definition) is 5. The van der Waals surface area contributed by atoms with E-state index in [-0.39, 0.29) is 0 Å². The molecule has 1 fully saturated rings. The Morgan fingerprint density at radius 2 is 1.52 bits per heavy atom. The number of piperazine rings is 1. The lowest BCUT2D eigenvalue weighted by Crippen LogP contribution is -2.47. The van der Waals surface area contributed by atoms with Gasteiger partial charge in [-0.05, 0) is 12.1 Å². The van der Waals surface area contributed by atoms with E-state index in [9.17, 15) is 13.2 Å². The molecule has 0 aromatic carbocycles. The van der Waals surface area contributed by atoms with Crippen molar-refractivity contribution in [3.05, 3.63) is 48.8 Å². The second-order valence-corrected chi connectivity index (χ2v) is 5.78. The first-order valence-electron chi connectivity index (χ1n) is 7.83. The second-order valence-electron chi connectivity index (χ2n) is 5.78. The van der Waals surface area contributed by atoms with Crippen LogP contribution in [0.25, 0.3) is 5.65 Å².